The van der Waals surface area contributed by atoms with Gasteiger partial charge in [-0.2, -0.15) is 0 Å². The average molecular weight is 283 g/mol. The molecule has 0 radical (unpaired) electrons. The van der Waals surface area contributed by atoms with Crippen molar-refractivity contribution in [3.05, 3.63) is 0 Å². The van der Waals surface area contributed by atoms with Crippen molar-refractivity contribution in [3.63, 3.8) is 0 Å². The van der Waals surface area contributed by atoms with Crippen LogP contribution in [0.15, 0.2) is 0 Å². The first-order valence-corrected chi connectivity index (χ1v) is 8.15. The fourth-order valence-corrected chi connectivity index (χ4v) is 4.50. The lowest BCUT2D eigenvalue weighted by atomic mass is 9.70. The van der Waals surface area contributed by atoms with E-state index in [4.69, 9.17) is 4.74 Å². The maximum absolute atomic E-state index is 9.66. The van der Waals surface area contributed by atoms with Crippen molar-refractivity contribution in [1.29, 1.82) is 0 Å². The van der Waals surface area contributed by atoms with Crippen molar-refractivity contribution >= 4 is 0 Å². The molecule has 0 amide bonds. The standard InChI is InChI=1S/C17H33NO2/c1-12(2)18-16(5,10-19)11-20-14-9-13-7-8-17(14,6)15(13,3)4/h12-14,18-19H,7-11H2,1-6H3. The largest absolute Gasteiger partial charge is 0.394 e. The third kappa shape index (κ3) is 2.53. The molecule has 3 nitrogen and oxygen atoms in total. The van der Waals surface area contributed by atoms with E-state index in [0.29, 0.717) is 29.6 Å². The van der Waals surface area contributed by atoms with Gasteiger partial charge >= 0.3 is 0 Å². The van der Waals surface area contributed by atoms with Crippen LogP contribution in [0.5, 0.6) is 0 Å². The van der Waals surface area contributed by atoms with Gasteiger partial charge in [-0.1, -0.05) is 34.6 Å². The van der Waals surface area contributed by atoms with Crippen LogP contribution >= 0.6 is 0 Å². The zero-order chi connectivity index (χ0) is 15.2. The van der Waals surface area contributed by atoms with Gasteiger partial charge in [-0.25, -0.2) is 0 Å². The molecule has 0 aliphatic heterocycles. The van der Waals surface area contributed by atoms with Crippen molar-refractivity contribution < 1.29 is 9.84 Å². The summed E-state index contributed by atoms with van der Waals surface area (Å²) in [5.74, 6) is 0.802. The highest BCUT2D eigenvalue weighted by atomic mass is 16.5. The lowest BCUT2D eigenvalue weighted by Crippen LogP contribution is -2.53. The summed E-state index contributed by atoms with van der Waals surface area (Å²) in [4.78, 5) is 0. The lowest BCUT2D eigenvalue weighted by Gasteiger charge is -2.41. The van der Waals surface area contributed by atoms with Crippen LogP contribution in [-0.2, 0) is 4.74 Å². The molecule has 0 spiro atoms. The van der Waals surface area contributed by atoms with Gasteiger partial charge < -0.3 is 15.2 Å². The Labute approximate surface area is 124 Å². The number of hydrogen-bond acceptors (Lipinski definition) is 3. The summed E-state index contributed by atoms with van der Waals surface area (Å²) in [6.45, 7) is 14.2. The minimum absolute atomic E-state index is 0.113. The van der Waals surface area contributed by atoms with E-state index in [2.05, 4.69) is 39.9 Å². The van der Waals surface area contributed by atoms with Gasteiger partial charge in [0.2, 0.25) is 0 Å². The van der Waals surface area contributed by atoms with E-state index in [0.717, 1.165) is 5.92 Å². The molecule has 3 heteroatoms. The number of aliphatic hydroxyl groups excluding tert-OH is 1. The second kappa shape index (κ2) is 5.26. The van der Waals surface area contributed by atoms with Crippen LogP contribution in [-0.4, -0.2) is 36.0 Å². The second-order valence-electron chi connectivity index (χ2n) is 8.43. The highest BCUT2D eigenvalue weighted by Gasteiger charge is 2.62. The predicted octanol–water partition coefficient (Wildman–Crippen LogP) is 2.97. The van der Waals surface area contributed by atoms with Crippen molar-refractivity contribution in [2.45, 2.75) is 78.5 Å². The molecule has 2 rings (SSSR count). The Morgan fingerprint density at radius 2 is 2.00 bits per heavy atom. The fraction of sp³-hybridized carbons (Fsp3) is 1.00. The van der Waals surface area contributed by atoms with Gasteiger partial charge in [0.25, 0.3) is 0 Å². The van der Waals surface area contributed by atoms with E-state index in [1.807, 2.05) is 6.92 Å². The van der Waals surface area contributed by atoms with Crippen LogP contribution in [0.1, 0.15) is 60.8 Å². The third-order valence-electron chi connectivity index (χ3n) is 6.30. The molecule has 0 saturated heterocycles. The number of fused-ring (bicyclic) bond motifs is 2. The maximum Gasteiger partial charge on any atom is 0.0672 e. The molecule has 2 bridgehead atoms. The molecule has 20 heavy (non-hydrogen) atoms. The molecular weight excluding hydrogens is 250 g/mol. The Kier molecular flexibility index (Phi) is 4.27. The smallest absolute Gasteiger partial charge is 0.0672 e. The number of nitrogens with one attached hydrogen (secondary N) is 1. The summed E-state index contributed by atoms with van der Waals surface area (Å²) >= 11 is 0. The van der Waals surface area contributed by atoms with Gasteiger partial charge in [0, 0.05) is 6.04 Å². The predicted molar refractivity (Wildman–Crippen MR) is 82.7 cm³/mol. The summed E-state index contributed by atoms with van der Waals surface area (Å²) in [5, 5.41) is 13.1. The number of rotatable bonds is 6. The molecule has 0 aromatic heterocycles. The van der Waals surface area contributed by atoms with Gasteiger partial charge in [-0.3, -0.25) is 0 Å². The minimum atomic E-state index is -0.337. The van der Waals surface area contributed by atoms with Gasteiger partial charge in [0.05, 0.1) is 24.9 Å². The highest BCUT2D eigenvalue weighted by Crippen LogP contribution is 2.66. The summed E-state index contributed by atoms with van der Waals surface area (Å²) in [6.07, 6.45) is 4.16. The summed E-state index contributed by atoms with van der Waals surface area (Å²) in [7, 11) is 0. The topological polar surface area (TPSA) is 41.5 Å². The summed E-state index contributed by atoms with van der Waals surface area (Å²) in [6, 6.07) is 0.350. The van der Waals surface area contributed by atoms with Crippen LogP contribution in [0.4, 0.5) is 0 Å². The Morgan fingerprint density at radius 1 is 1.35 bits per heavy atom. The first-order valence-electron chi connectivity index (χ1n) is 8.15. The molecule has 2 aliphatic carbocycles. The molecule has 4 atom stereocenters. The third-order valence-corrected chi connectivity index (χ3v) is 6.30. The quantitative estimate of drug-likeness (QED) is 0.787. The van der Waals surface area contributed by atoms with Crippen molar-refractivity contribution in [2.24, 2.45) is 16.7 Å². The summed E-state index contributed by atoms with van der Waals surface area (Å²) < 4.78 is 6.31. The van der Waals surface area contributed by atoms with Crippen LogP contribution in [0.2, 0.25) is 0 Å². The SMILES string of the molecule is CC(C)NC(C)(CO)COC1CC2CCC1(C)C2(C)C. The molecule has 2 saturated carbocycles. The number of hydrogen-bond donors (Lipinski definition) is 2. The van der Waals surface area contributed by atoms with E-state index < -0.39 is 0 Å². The van der Waals surface area contributed by atoms with Gasteiger partial charge in [-0.15, -0.1) is 0 Å². The second-order valence-corrected chi connectivity index (χ2v) is 8.43. The Hall–Kier alpha value is -0.120. The van der Waals surface area contributed by atoms with Gasteiger partial charge in [0.15, 0.2) is 0 Å². The normalized spacial score (nSPS) is 38.4. The molecular formula is C17H33NO2. The molecule has 0 aromatic rings. The van der Waals surface area contributed by atoms with Crippen molar-refractivity contribution in [1.82, 2.24) is 5.32 Å². The minimum Gasteiger partial charge on any atom is -0.394 e. The van der Waals surface area contributed by atoms with E-state index in [1.165, 1.54) is 19.3 Å². The lowest BCUT2D eigenvalue weighted by molar-refractivity contribution is -0.0734. The maximum atomic E-state index is 9.66. The van der Waals surface area contributed by atoms with Crippen LogP contribution < -0.4 is 5.32 Å². The van der Waals surface area contributed by atoms with Crippen LogP contribution in [0, 0.1) is 16.7 Å². The molecule has 118 valence electrons. The monoisotopic (exact) mass is 283 g/mol. The van der Waals surface area contributed by atoms with Gasteiger partial charge in [-0.05, 0) is 42.9 Å². The Morgan fingerprint density at radius 3 is 2.40 bits per heavy atom. The molecule has 2 N–H and O–H groups in total. The first-order chi connectivity index (χ1) is 9.14. The molecule has 0 heterocycles. The van der Waals surface area contributed by atoms with E-state index in [-0.39, 0.29) is 12.1 Å². The fourth-order valence-electron chi connectivity index (χ4n) is 4.50. The average Bonchev–Trinajstić information content (AvgIpc) is 2.68. The van der Waals surface area contributed by atoms with Crippen LogP contribution in [0.25, 0.3) is 0 Å². The number of ether oxygens (including phenoxy) is 1. The van der Waals surface area contributed by atoms with Gasteiger partial charge in [0.1, 0.15) is 0 Å². The summed E-state index contributed by atoms with van der Waals surface area (Å²) in [5.41, 5.74) is 0.348. The molecule has 2 fully saturated rings. The number of aliphatic hydroxyl groups is 1. The van der Waals surface area contributed by atoms with E-state index >= 15 is 0 Å². The van der Waals surface area contributed by atoms with Crippen molar-refractivity contribution in [2.75, 3.05) is 13.2 Å². The van der Waals surface area contributed by atoms with Crippen molar-refractivity contribution in [3.8, 4) is 0 Å². The Balaban J connectivity index is 1.99. The van der Waals surface area contributed by atoms with E-state index in [9.17, 15) is 5.11 Å². The highest BCUT2D eigenvalue weighted by molar-refractivity contribution is 5.11. The molecule has 2 aliphatic rings. The zero-order valence-corrected chi connectivity index (χ0v) is 14.1. The Bertz CT molecular complexity index is 355. The molecule has 0 aromatic carbocycles. The molecule has 4 unspecified atom stereocenters. The van der Waals surface area contributed by atoms with E-state index in [1.54, 1.807) is 0 Å². The zero-order valence-electron chi connectivity index (χ0n) is 14.1. The van der Waals surface area contributed by atoms with Crippen LogP contribution in [0.3, 0.4) is 0 Å². The first kappa shape index (κ1) is 16.3.